The van der Waals surface area contributed by atoms with Gasteiger partial charge in [0.1, 0.15) is 5.75 Å². The van der Waals surface area contributed by atoms with Crippen LogP contribution in [0.5, 0.6) is 5.75 Å². The number of amides is 1. The molecule has 0 radical (unpaired) electrons. The lowest BCUT2D eigenvalue weighted by Gasteiger charge is -2.18. The predicted octanol–water partition coefficient (Wildman–Crippen LogP) is 1.76. The molecule has 3 nitrogen and oxygen atoms in total. The largest absolute Gasteiger partial charge is 0.491 e. The van der Waals surface area contributed by atoms with Gasteiger partial charge in [-0.3, -0.25) is 4.79 Å². The number of carbonyl (C=O) groups excluding carboxylic acids is 1. The van der Waals surface area contributed by atoms with E-state index in [1.165, 1.54) is 0 Å². The van der Waals surface area contributed by atoms with Crippen LogP contribution in [0.2, 0.25) is 0 Å². The summed E-state index contributed by atoms with van der Waals surface area (Å²) in [5.74, 6) is 0.770. The van der Waals surface area contributed by atoms with Gasteiger partial charge >= 0.3 is 0 Å². The Kier molecular flexibility index (Phi) is 2.62. The van der Waals surface area contributed by atoms with Crippen LogP contribution in [0.25, 0.3) is 0 Å². The predicted molar refractivity (Wildman–Crippen MR) is 58.2 cm³/mol. The molecule has 0 atom stereocenters. The maximum absolute atomic E-state index is 11.6. The highest BCUT2D eigenvalue weighted by Crippen LogP contribution is 2.21. The Hall–Kier alpha value is -1.51. The van der Waals surface area contributed by atoms with Crippen molar-refractivity contribution in [2.75, 3.05) is 6.54 Å². The third kappa shape index (κ3) is 2.12. The average molecular weight is 205 g/mol. The molecule has 1 N–H and O–H groups in total. The summed E-state index contributed by atoms with van der Waals surface area (Å²) >= 11 is 0. The molecule has 0 spiro atoms. The molecule has 2 rings (SSSR count). The summed E-state index contributed by atoms with van der Waals surface area (Å²) in [6.07, 6.45) is 1.04. The lowest BCUT2D eigenvalue weighted by molar-refractivity contribution is 0.0945. The van der Waals surface area contributed by atoms with Gasteiger partial charge in [0.2, 0.25) is 0 Å². The fraction of sp³-hybridized carbons (Fsp3) is 0.417. The van der Waals surface area contributed by atoms with Gasteiger partial charge in [-0.05, 0) is 38.0 Å². The van der Waals surface area contributed by atoms with Gasteiger partial charge in [0, 0.05) is 12.1 Å². The summed E-state index contributed by atoms with van der Waals surface area (Å²) in [7, 11) is 0. The van der Waals surface area contributed by atoms with E-state index in [0.29, 0.717) is 0 Å². The second-order valence-corrected chi connectivity index (χ2v) is 3.99. The molecular weight excluding hydrogens is 190 g/mol. The highest BCUT2D eigenvalue weighted by molar-refractivity contribution is 5.97. The summed E-state index contributed by atoms with van der Waals surface area (Å²) in [5.41, 5.74) is 1.86. The Morgan fingerprint density at radius 1 is 1.40 bits per heavy atom. The first-order valence-corrected chi connectivity index (χ1v) is 5.24. The topological polar surface area (TPSA) is 38.3 Å². The molecule has 0 aromatic heterocycles. The lowest BCUT2D eigenvalue weighted by atomic mass is 10.0. The second-order valence-electron chi connectivity index (χ2n) is 3.99. The SMILES string of the molecule is CC(C)Oc1ccc2c(c1)C(=O)NCC2. The Balaban J connectivity index is 2.31. The van der Waals surface area contributed by atoms with Crippen LogP contribution in [-0.2, 0) is 6.42 Å². The van der Waals surface area contributed by atoms with Crippen LogP contribution >= 0.6 is 0 Å². The standard InChI is InChI=1S/C12H15NO2/c1-8(2)15-10-4-3-9-5-6-13-12(14)11(9)7-10/h3-4,7-8H,5-6H2,1-2H3,(H,13,14). The van der Waals surface area contributed by atoms with Crippen molar-refractivity contribution in [3.05, 3.63) is 29.3 Å². The van der Waals surface area contributed by atoms with Gasteiger partial charge < -0.3 is 10.1 Å². The monoisotopic (exact) mass is 205 g/mol. The molecule has 1 amide bonds. The maximum atomic E-state index is 11.6. The van der Waals surface area contributed by atoms with E-state index in [9.17, 15) is 4.79 Å². The number of benzene rings is 1. The summed E-state index contributed by atoms with van der Waals surface area (Å²) < 4.78 is 5.55. The molecule has 0 saturated heterocycles. The van der Waals surface area contributed by atoms with Gasteiger partial charge in [0.05, 0.1) is 6.10 Å². The average Bonchev–Trinajstić information content (AvgIpc) is 2.18. The smallest absolute Gasteiger partial charge is 0.251 e. The number of nitrogens with one attached hydrogen (secondary N) is 1. The van der Waals surface area contributed by atoms with E-state index < -0.39 is 0 Å². The quantitative estimate of drug-likeness (QED) is 0.799. The van der Waals surface area contributed by atoms with Crippen molar-refractivity contribution in [3.63, 3.8) is 0 Å². The third-order valence-electron chi connectivity index (χ3n) is 2.38. The van der Waals surface area contributed by atoms with E-state index in [4.69, 9.17) is 4.74 Å². The van der Waals surface area contributed by atoms with Gasteiger partial charge in [-0.2, -0.15) is 0 Å². The Bertz CT molecular complexity index is 385. The fourth-order valence-corrected chi connectivity index (χ4v) is 1.74. The normalized spacial score (nSPS) is 14.7. The first kappa shape index (κ1) is 10.0. The Morgan fingerprint density at radius 2 is 2.20 bits per heavy atom. The highest BCUT2D eigenvalue weighted by atomic mass is 16.5. The van der Waals surface area contributed by atoms with Crippen LogP contribution in [0, 0.1) is 0 Å². The van der Waals surface area contributed by atoms with Crippen LogP contribution < -0.4 is 10.1 Å². The van der Waals surface area contributed by atoms with Gasteiger partial charge in [0.15, 0.2) is 0 Å². The highest BCUT2D eigenvalue weighted by Gasteiger charge is 2.17. The molecule has 80 valence electrons. The number of carbonyl (C=O) groups is 1. The van der Waals surface area contributed by atoms with E-state index in [-0.39, 0.29) is 12.0 Å². The van der Waals surface area contributed by atoms with Gasteiger partial charge in [-0.25, -0.2) is 0 Å². The molecule has 0 fully saturated rings. The minimum atomic E-state index is 0.00505. The van der Waals surface area contributed by atoms with E-state index >= 15 is 0 Å². The van der Waals surface area contributed by atoms with Crippen molar-refractivity contribution in [2.45, 2.75) is 26.4 Å². The first-order valence-electron chi connectivity index (χ1n) is 5.24. The molecule has 1 aliphatic rings. The molecule has 1 aromatic rings. The van der Waals surface area contributed by atoms with Crippen molar-refractivity contribution in [1.82, 2.24) is 5.32 Å². The van der Waals surface area contributed by atoms with Gasteiger partial charge in [0.25, 0.3) is 5.91 Å². The number of hydrogen-bond donors (Lipinski definition) is 1. The van der Waals surface area contributed by atoms with E-state index in [2.05, 4.69) is 5.32 Å². The molecule has 3 heteroatoms. The number of hydrogen-bond acceptors (Lipinski definition) is 2. The maximum Gasteiger partial charge on any atom is 0.251 e. The van der Waals surface area contributed by atoms with Crippen molar-refractivity contribution in [2.24, 2.45) is 0 Å². The Morgan fingerprint density at radius 3 is 2.93 bits per heavy atom. The number of fused-ring (bicyclic) bond motifs is 1. The second kappa shape index (κ2) is 3.93. The van der Waals surface area contributed by atoms with Gasteiger partial charge in [-0.15, -0.1) is 0 Å². The van der Waals surface area contributed by atoms with E-state index in [0.717, 1.165) is 29.8 Å². The zero-order valence-electron chi connectivity index (χ0n) is 9.04. The minimum absolute atomic E-state index is 0.00505. The van der Waals surface area contributed by atoms with Crippen LogP contribution in [0.1, 0.15) is 29.8 Å². The first-order chi connectivity index (χ1) is 7.16. The summed E-state index contributed by atoms with van der Waals surface area (Å²) in [6, 6.07) is 5.73. The van der Waals surface area contributed by atoms with E-state index in [1.54, 1.807) is 0 Å². The molecular formula is C12H15NO2. The lowest BCUT2D eigenvalue weighted by Crippen LogP contribution is -2.31. The summed E-state index contributed by atoms with van der Waals surface area (Å²) in [6.45, 7) is 4.68. The van der Waals surface area contributed by atoms with Crippen LogP contribution in [0.3, 0.4) is 0 Å². The molecule has 1 aliphatic heterocycles. The molecule has 0 aliphatic carbocycles. The molecule has 15 heavy (non-hydrogen) atoms. The van der Waals surface area contributed by atoms with Crippen LogP contribution in [0.15, 0.2) is 18.2 Å². The van der Waals surface area contributed by atoms with Crippen molar-refractivity contribution >= 4 is 5.91 Å². The zero-order valence-corrected chi connectivity index (χ0v) is 9.04. The Labute approximate surface area is 89.4 Å². The molecule has 0 bridgehead atoms. The summed E-state index contributed by atoms with van der Waals surface area (Å²) in [4.78, 5) is 11.6. The number of rotatable bonds is 2. The minimum Gasteiger partial charge on any atom is -0.491 e. The van der Waals surface area contributed by atoms with Crippen LogP contribution in [-0.4, -0.2) is 18.6 Å². The van der Waals surface area contributed by atoms with E-state index in [1.807, 2.05) is 32.0 Å². The van der Waals surface area contributed by atoms with Crippen molar-refractivity contribution < 1.29 is 9.53 Å². The number of ether oxygens (including phenoxy) is 1. The summed E-state index contributed by atoms with van der Waals surface area (Å²) in [5, 5.41) is 2.82. The van der Waals surface area contributed by atoms with Crippen molar-refractivity contribution in [3.8, 4) is 5.75 Å². The zero-order chi connectivity index (χ0) is 10.8. The molecule has 0 unspecified atom stereocenters. The van der Waals surface area contributed by atoms with Gasteiger partial charge in [-0.1, -0.05) is 6.07 Å². The fourth-order valence-electron chi connectivity index (χ4n) is 1.74. The molecule has 1 heterocycles. The van der Waals surface area contributed by atoms with Crippen LogP contribution in [0.4, 0.5) is 0 Å². The molecule has 1 aromatic carbocycles. The molecule has 0 saturated carbocycles. The van der Waals surface area contributed by atoms with Crippen molar-refractivity contribution in [1.29, 1.82) is 0 Å². The third-order valence-corrected chi connectivity index (χ3v) is 2.38.